The smallest absolute Gasteiger partial charge is 0.169 e. The van der Waals surface area contributed by atoms with Crippen LogP contribution in [-0.4, -0.2) is 68.9 Å². The number of rotatable bonds is 4. The molecule has 4 N–H and O–H groups in total. The van der Waals surface area contributed by atoms with Gasteiger partial charge in [-0.05, 0) is 32.0 Å². The SMILES string of the molecule is C=P(C)(C)CCC1O[C@@H](n2c(S)nc3c(N)ccnc32)[C@H](O)[C@@H]1O. The van der Waals surface area contributed by atoms with E-state index in [1.807, 2.05) is 0 Å². The van der Waals surface area contributed by atoms with Crippen LogP contribution in [0.15, 0.2) is 17.4 Å². The number of pyridine rings is 1. The lowest BCUT2D eigenvalue weighted by Gasteiger charge is -2.19. The number of aliphatic hydroxyl groups excluding tert-OH is 2. The first-order valence-corrected chi connectivity index (χ1v) is 11.2. The summed E-state index contributed by atoms with van der Waals surface area (Å²) in [4.78, 5) is 8.56. The summed E-state index contributed by atoms with van der Waals surface area (Å²) in [5.74, 6) is 0. The van der Waals surface area contributed by atoms with Gasteiger partial charge in [-0.2, -0.15) is 0 Å². The minimum atomic E-state index is -1.24. The maximum Gasteiger partial charge on any atom is 0.169 e. The van der Waals surface area contributed by atoms with Gasteiger partial charge in [0.25, 0.3) is 0 Å². The van der Waals surface area contributed by atoms with Gasteiger partial charge in [-0.15, -0.1) is 25.8 Å². The van der Waals surface area contributed by atoms with Crippen molar-refractivity contribution in [3.05, 3.63) is 12.3 Å². The van der Waals surface area contributed by atoms with Crippen LogP contribution in [0, 0.1) is 0 Å². The van der Waals surface area contributed by atoms with E-state index >= 15 is 0 Å². The number of aliphatic hydroxyl groups is 2. The fourth-order valence-electron chi connectivity index (χ4n) is 2.89. The Labute approximate surface area is 146 Å². The van der Waals surface area contributed by atoms with E-state index in [1.54, 1.807) is 16.8 Å². The van der Waals surface area contributed by atoms with Gasteiger partial charge in [0.05, 0.1) is 11.8 Å². The second-order valence-electron chi connectivity index (χ2n) is 6.85. The number of imidazole rings is 1. The highest BCUT2D eigenvalue weighted by Gasteiger charge is 2.44. The van der Waals surface area contributed by atoms with Crippen LogP contribution in [0.4, 0.5) is 5.69 Å². The van der Waals surface area contributed by atoms with Gasteiger partial charge in [0.1, 0.15) is 17.7 Å². The third kappa shape index (κ3) is 3.21. The van der Waals surface area contributed by atoms with Crippen molar-refractivity contribution in [3.8, 4) is 0 Å². The van der Waals surface area contributed by atoms with E-state index in [4.69, 9.17) is 10.5 Å². The number of anilines is 1. The number of aromatic nitrogens is 3. The monoisotopic (exact) mass is 370 g/mol. The first-order valence-electron chi connectivity index (χ1n) is 7.69. The molecule has 3 heterocycles. The Balaban J connectivity index is 1.92. The minimum absolute atomic E-state index is 0.331. The van der Waals surface area contributed by atoms with Gasteiger partial charge in [-0.3, -0.25) is 4.57 Å². The van der Waals surface area contributed by atoms with Crippen molar-refractivity contribution in [2.45, 2.75) is 36.1 Å². The zero-order valence-corrected chi connectivity index (χ0v) is 15.5. The van der Waals surface area contributed by atoms with Crippen LogP contribution < -0.4 is 5.73 Å². The van der Waals surface area contributed by atoms with Gasteiger partial charge in [-0.1, -0.05) is 0 Å². The fourth-order valence-corrected chi connectivity index (χ4v) is 4.15. The average Bonchev–Trinajstić information content (AvgIpc) is 2.96. The van der Waals surface area contributed by atoms with Crippen molar-refractivity contribution < 1.29 is 14.9 Å². The third-order valence-electron chi connectivity index (χ3n) is 4.20. The molecule has 0 aliphatic carbocycles. The van der Waals surface area contributed by atoms with E-state index in [-0.39, 0.29) is 0 Å². The molecular formula is C15H23N4O3PS. The highest BCUT2D eigenvalue weighted by molar-refractivity contribution is 7.80. The molecule has 7 nitrogen and oxygen atoms in total. The number of fused-ring (bicyclic) bond motifs is 1. The molecule has 1 fully saturated rings. The van der Waals surface area contributed by atoms with Gasteiger partial charge >= 0.3 is 0 Å². The average molecular weight is 370 g/mol. The van der Waals surface area contributed by atoms with Crippen LogP contribution in [-0.2, 0) is 4.74 Å². The summed E-state index contributed by atoms with van der Waals surface area (Å²) in [6.07, 6.45) is 3.92. The first-order chi connectivity index (χ1) is 11.2. The van der Waals surface area contributed by atoms with Crippen LogP contribution in [0.5, 0.6) is 0 Å². The summed E-state index contributed by atoms with van der Waals surface area (Å²) in [5, 5.41) is 21.1. The molecule has 2 aromatic rings. The number of hydrogen-bond acceptors (Lipinski definition) is 7. The Bertz CT molecular complexity index is 805. The Kier molecular flexibility index (Phi) is 4.70. The highest BCUT2D eigenvalue weighted by atomic mass is 32.1. The van der Waals surface area contributed by atoms with E-state index in [0.717, 1.165) is 6.16 Å². The first kappa shape index (κ1) is 17.8. The summed E-state index contributed by atoms with van der Waals surface area (Å²) in [6.45, 7) is 3.02. The summed E-state index contributed by atoms with van der Waals surface area (Å²) >= 11 is 4.36. The van der Waals surface area contributed by atoms with Crippen LogP contribution in [0.1, 0.15) is 12.6 Å². The third-order valence-corrected chi connectivity index (χ3v) is 5.99. The summed E-state index contributed by atoms with van der Waals surface area (Å²) in [6, 6.07) is 1.65. The van der Waals surface area contributed by atoms with Crippen molar-refractivity contribution in [2.24, 2.45) is 0 Å². The molecular weight excluding hydrogens is 347 g/mol. The number of nitrogen functional groups attached to an aromatic ring is 1. The lowest BCUT2D eigenvalue weighted by molar-refractivity contribution is -0.0399. The van der Waals surface area contributed by atoms with Crippen molar-refractivity contribution >= 4 is 42.7 Å². The van der Waals surface area contributed by atoms with Crippen molar-refractivity contribution in [1.29, 1.82) is 0 Å². The molecule has 0 amide bonds. The molecule has 0 radical (unpaired) electrons. The molecule has 1 unspecified atom stereocenters. The molecule has 1 saturated heterocycles. The largest absolute Gasteiger partial charge is 0.397 e. The second-order valence-corrected chi connectivity index (χ2v) is 11.6. The Morgan fingerprint density at radius 2 is 2.12 bits per heavy atom. The Morgan fingerprint density at radius 1 is 1.42 bits per heavy atom. The number of thiol groups is 1. The van der Waals surface area contributed by atoms with Gasteiger partial charge in [0.2, 0.25) is 0 Å². The van der Waals surface area contributed by atoms with Crippen LogP contribution in [0.3, 0.4) is 0 Å². The Hall–Kier alpha value is -1.05. The summed E-state index contributed by atoms with van der Waals surface area (Å²) < 4.78 is 7.51. The van der Waals surface area contributed by atoms with Gasteiger partial charge < -0.3 is 20.7 Å². The molecule has 0 spiro atoms. The van der Waals surface area contributed by atoms with Gasteiger partial charge in [-0.25, -0.2) is 9.97 Å². The quantitative estimate of drug-likeness (QED) is 0.473. The molecule has 132 valence electrons. The Morgan fingerprint density at radius 3 is 2.79 bits per heavy atom. The van der Waals surface area contributed by atoms with E-state index in [0.29, 0.717) is 28.4 Å². The number of nitrogens with two attached hydrogens (primary N) is 1. The lowest BCUT2D eigenvalue weighted by Crippen LogP contribution is -2.32. The lowest BCUT2D eigenvalue weighted by atomic mass is 10.1. The molecule has 2 aromatic heterocycles. The summed E-state index contributed by atoms with van der Waals surface area (Å²) in [7, 11) is 0. The van der Waals surface area contributed by atoms with Crippen molar-refractivity contribution in [1.82, 2.24) is 14.5 Å². The van der Waals surface area contributed by atoms with Crippen molar-refractivity contribution in [3.63, 3.8) is 0 Å². The topological polar surface area (TPSA) is 106 Å². The normalized spacial score (nSPS) is 27.9. The second kappa shape index (κ2) is 6.35. The molecule has 4 atom stereocenters. The number of hydrogen-bond donors (Lipinski definition) is 4. The van der Waals surface area contributed by atoms with Crippen LogP contribution in [0.25, 0.3) is 11.2 Å². The molecule has 1 aliphatic rings. The van der Waals surface area contributed by atoms with Crippen LogP contribution in [0.2, 0.25) is 0 Å². The van der Waals surface area contributed by atoms with Gasteiger partial charge in [0.15, 0.2) is 17.0 Å². The molecule has 0 aromatic carbocycles. The molecule has 1 aliphatic heterocycles. The molecule has 9 heteroatoms. The minimum Gasteiger partial charge on any atom is -0.397 e. The zero-order valence-electron chi connectivity index (χ0n) is 13.7. The maximum atomic E-state index is 10.5. The predicted molar refractivity (Wildman–Crippen MR) is 100 cm³/mol. The zero-order chi connectivity index (χ0) is 17.6. The molecule has 24 heavy (non-hydrogen) atoms. The predicted octanol–water partition coefficient (Wildman–Crippen LogP) is 1.02. The highest BCUT2D eigenvalue weighted by Crippen LogP contribution is 2.40. The van der Waals surface area contributed by atoms with E-state index < -0.39 is 31.4 Å². The van der Waals surface area contributed by atoms with Crippen LogP contribution >= 0.6 is 19.5 Å². The molecule has 3 rings (SSSR count). The van der Waals surface area contributed by atoms with Gasteiger partial charge in [0, 0.05) is 6.20 Å². The fraction of sp³-hybridized carbons (Fsp3) is 0.533. The van der Waals surface area contributed by atoms with E-state index in [2.05, 4.69) is 42.2 Å². The number of nitrogens with zero attached hydrogens (tertiary/aromatic N) is 3. The van der Waals surface area contributed by atoms with E-state index in [9.17, 15) is 10.2 Å². The standard InChI is InChI=1S/C15H23N4O3PS/c1-23(2,3)7-5-9-11(20)12(21)14(22-9)19-13-10(18-15(19)24)8(16)4-6-17-13/h4,6,9,11-12,14,20-21H,1,5,7H2,2-3H3,(H2,16,17)(H,18,24)/t9?,11-,12-,14-/m1/s1. The summed E-state index contributed by atoms with van der Waals surface area (Å²) in [5.41, 5.74) is 7.37. The molecule has 0 bridgehead atoms. The molecule has 0 saturated carbocycles. The number of ether oxygens (including phenoxy) is 1. The van der Waals surface area contributed by atoms with Crippen molar-refractivity contribution in [2.75, 3.05) is 25.2 Å². The van der Waals surface area contributed by atoms with E-state index in [1.165, 1.54) is 0 Å². The maximum absolute atomic E-state index is 10.5.